The van der Waals surface area contributed by atoms with Crippen molar-refractivity contribution in [3.05, 3.63) is 53.7 Å². The number of nitrogens with zero attached hydrogens (tertiary/aromatic N) is 2. The highest BCUT2D eigenvalue weighted by atomic mass is 16.1. The van der Waals surface area contributed by atoms with Gasteiger partial charge in [0.1, 0.15) is 5.82 Å². The predicted molar refractivity (Wildman–Crippen MR) is 113 cm³/mol. The second-order valence-electron chi connectivity index (χ2n) is 8.44. The molecule has 2 heterocycles. The Morgan fingerprint density at radius 1 is 1.15 bits per heavy atom. The van der Waals surface area contributed by atoms with Gasteiger partial charge in [-0.15, -0.1) is 0 Å². The Kier molecular flexibility index (Phi) is 5.83. The zero-order valence-corrected chi connectivity index (χ0v) is 17.0. The number of nitrogens with one attached hydrogen (secondary N) is 1. The number of rotatable bonds is 4. The summed E-state index contributed by atoms with van der Waals surface area (Å²) in [6.45, 7) is 9.81. The minimum Gasteiger partial charge on any atom is -0.354 e. The average Bonchev–Trinajstić information content (AvgIpc) is 2.68. The number of hydrogen-bond donors (Lipinski definition) is 1. The SMILES string of the molecule is CCC1CCCCN1c1ccc(NC(=O)c2ccc(C(C)(C)C)cc2)cn1. The number of carbonyl (C=O) groups excluding carboxylic acids is 1. The third-order valence-corrected chi connectivity index (χ3v) is 5.41. The summed E-state index contributed by atoms with van der Waals surface area (Å²) in [4.78, 5) is 19.5. The lowest BCUT2D eigenvalue weighted by atomic mass is 9.87. The summed E-state index contributed by atoms with van der Waals surface area (Å²) in [7, 11) is 0. The van der Waals surface area contributed by atoms with E-state index in [0.29, 0.717) is 11.6 Å². The van der Waals surface area contributed by atoms with Crippen molar-refractivity contribution >= 4 is 17.4 Å². The molecule has 1 aromatic heterocycles. The molecule has 0 aliphatic carbocycles. The van der Waals surface area contributed by atoms with Crippen LogP contribution in [-0.2, 0) is 5.41 Å². The summed E-state index contributed by atoms with van der Waals surface area (Å²) in [5, 5.41) is 2.95. The van der Waals surface area contributed by atoms with Crippen LogP contribution >= 0.6 is 0 Å². The van der Waals surface area contributed by atoms with Crippen molar-refractivity contribution in [1.29, 1.82) is 0 Å². The lowest BCUT2D eigenvalue weighted by molar-refractivity contribution is 0.102. The van der Waals surface area contributed by atoms with Gasteiger partial charge in [0.05, 0.1) is 11.9 Å². The number of hydrogen-bond acceptors (Lipinski definition) is 3. The van der Waals surface area contributed by atoms with Gasteiger partial charge in [-0.05, 0) is 60.9 Å². The summed E-state index contributed by atoms with van der Waals surface area (Å²) >= 11 is 0. The van der Waals surface area contributed by atoms with Gasteiger partial charge in [-0.3, -0.25) is 4.79 Å². The second kappa shape index (κ2) is 8.12. The van der Waals surface area contributed by atoms with Crippen molar-refractivity contribution in [2.24, 2.45) is 0 Å². The van der Waals surface area contributed by atoms with Crippen LogP contribution in [0, 0.1) is 0 Å². The van der Waals surface area contributed by atoms with Gasteiger partial charge in [0, 0.05) is 18.2 Å². The van der Waals surface area contributed by atoms with Crippen molar-refractivity contribution in [1.82, 2.24) is 4.98 Å². The molecule has 0 bridgehead atoms. The highest BCUT2D eigenvalue weighted by Gasteiger charge is 2.22. The van der Waals surface area contributed by atoms with Crippen LogP contribution in [0.2, 0.25) is 0 Å². The summed E-state index contributed by atoms with van der Waals surface area (Å²) < 4.78 is 0. The molecular weight excluding hydrogens is 334 g/mol. The molecule has 144 valence electrons. The Morgan fingerprint density at radius 2 is 1.89 bits per heavy atom. The molecule has 4 heteroatoms. The van der Waals surface area contributed by atoms with E-state index in [1.54, 1.807) is 6.20 Å². The van der Waals surface area contributed by atoms with E-state index in [0.717, 1.165) is 24.5 Å². The predicted octanol–water partition coefficient (Wildman–Crippen LogP) is 5.40. The molecule has 1 fully saturated rings. The molecular formula is C23H31N3O. The first-order valence-electron chi connectivity index (χ1n) is 10.0. The average molecular weight is 366 g/mol. The number of amides is 1. The van der Waals surface area contributed by atoms with Crippen molar-refractivity contribution in [3.8, 4) is 0 Å². The van der Waals surface area contributed by atoms with Gasteiger partial charge in [0.25, 0.3) is 5.91 Å². The maximum atomic E-state index is 12.5. The molecule has 0 saturated carbocycles. The minimum absolute atomic E-state index is 0.0829. The Labute approximate surface area is 163 Å². The quantitative estimate of drug-likeness (QED) is 0.789. The highest BCUT2D eigenvalue weighted by molar-refractivity contribution is 6.04. The Balaban J connectivity index is 1.66. The van der Waals surface area contributed by atoms with Crippen LogP contribution in [0.15, 0.2) is 42.6 Å². The van der Waals surface area contributed by atoms with Crippen LogP contribution in [0.1, 0.15) is 69.3 Å². The summed E-state index contributed by atoms with van der Waals surface area (Å²) in [6, 6.07) is 12.4. The second-order valence-corrected chi connectivity index (χ2v) is 8.44. The Hall–Kier alpha value is -2.36. The van der Waals surface area contributed by atoms with Crippen LogP contribution in [0.25, 0.3) is 0 Å². The molecule has 1 amide bonds. The third kappa shape index (κ3) is 4.68. The number of benzene rings is 1. The van der Waals surface area contributed by atoms with Crippen molar-refractivity contribution < 1.29 is 4.79 Å². The van der Waals surface area contributed by atoms with Gasteiger partial charge in [-0.25, -0.2) is 4.98 Å². The van der Waals surface area contributed by atoms with Crippen LogP contribution in [0.3, 0.4) is 0 Å². The molecule has 3 rings (SSSR count). The summed E-state index contributed by atoms with van der Waals surface area (Å²) in [5.41, 5.74) is 2.69. The molecule has 0 radical (unpaired) electrons. The maximum Gasteiger partial charge on any atom is 0.255 e. The van der Waals surface area contributed by atoms with E-state index in [2.05, 4.69) is 42.9 Å². The van der Waals surface area contributed by atoms with E-state index in [9.17, 15) is 4.79 Å². The van der Waals surface area contributed by atoms with E-state index >= 15 is 0 Å². The maximum absolute atomic E-state index is 12.5. The van der Waals surface area contributed by atoms with Crippen LogP contribution in [0.4, 0.5) is 11.5 Å². The fourth-order valence-electron chi connectivity index (χ4n) is 3.68. The number of pyridine rings is 1. The van der Waals surface area contributed by atoms with Gasteiger partial charge in [-0.2, -0.15) is 0 Å². The monoisotopic (exact) mass is 365 g/mol. The minimum atomic E-state index is -0.102. The molecule has 1 atom stereocenters. The first-order valence-corrected chi connectivity index (χ1v) is 10.0. The number of carbonyl (C=O) groups is 1. The van der Waals surface area contributed by atoms with Crippen molar-refractivity contribution in [2.75, 3.05) is 16.8 Å². The largest absolute Gasteiger partial charge is 0.354 e. The van der Waals surface area contributed by atoms with E-state index in [-0.39, 0.29) is 11.3 Å². The molecule has 1 aliphatic rings. The van der Waals surface area contributed by atoms with Gasteiger partial charge in [0.15, 0.2) is 0 Å². The van der Waals surface area contributed by atoms with E-state index in [1.165, 1.54) is 24.8 Å². The summed E-state index contributed by atoms with van der Waals surface area (Å²) in [5.74, 6) is 0.906. The molecule has 27 heavy (non-hydrogen) atoms. The molecule has 1 unspecified atom stereocenters. The van der Waals surface area contributed by atoms with Crippen LogP contribution in [-0.4, -0.2) is 23.5 Å². The molecule has 4 nitrogen and oxygen atoms in total. The van der Waals surface area contributed by atoms with Gasteiger partial charge in [0.2, 0.25) is 0 Å². The van der Waals surface area contributed by atoms with E-state index in [4.69, 9.17) is 0 Å². The zero-order valence-electron chi connectivity index (χ0n) is 17.0. The zero-order chi connectivity index (χ0) is 19.4. The molecule has 1 N–H and O–H groups in total. The Morgan fingerprint density at radius 3 is 2.48 bits per heavy atom. The lowest BCUT2D eigenvalue weighted by Gasteiger charge is -2.36. The molecule has 1 saturated heterocycles. The topological polar surface area (TPSA) is 45.2 Å². The fourth-order valence-corrected chi connectivity index (χ4v) is 3.68. The van der Waals surface area contributed by atoms with Gasteiger partial charge >= 0.3 is 0 Å². The molecule has 1 aromatic carbocycles. The number of piperidine rings is 1. The normalized spacial score (nSPS) is 17.6. The fraction of sp³-hybridized carbons (Fsp3) is 0.478. The van der Waals surface area contributed by atoms with E-state index < -0.39 is 0 Å². The first kappa shape index (κ1) is 19.4. The smallest absolute Gasteiger partial charge is 0.255 e. The summed E-state index contributed by atoms with van der Waals surface area (Å²) in [6.07, 6.45) is 6.67. The van der Waals surface area contributed by atoms with Crippen LogP contribution < -0.4 is 10.2 Å². The highest BCUT2D eigenvalue weighted by Crippen LogP contribution is 2.26. The van der Waals surface area contributed by atoms with Crippen LogP contribution in [0.5, 0.6) is 0 Å². The molecule has 0 spiro atoms. The van der Waals surface area contributed by atoms with Crippen molar-refractivity contribution in [3.63, 3.8) is 0 Å². The van der Waals surface area contributed by atoms with Gasteiger partial charge in [-0.1, -0.05) is 39.8 Å². The lowest BCUT2D eigenvalue weighted by Crippen LogP contribution is -2.39. The third-order valence-electron chi connectivity index (χ3n) is 5.41. The van der Waals surface area contributed by atoms with E-state index in [1.807, 2.05) is 36.4 Å². The van der Waals surface area contributed by atoms with Gasteiger partial charge < -0.3 is 10.2 Å². The standard InChI is InChI=1S/C23H31N3O/c1-5-20-8-6-7-15-26(20)21-14-13-19(16-24-21)25-22(27)17-9-11-18(12-10-17)23(2,3)4/h9-14,16,20H,5-8,15H2,1-4H3,(H,25,27). The first-order chi connectivity index (χ1) is 12.9. The molecule has 1 aliphatic heterocycles. The number of aromatic nitrogens is 1. The number of anilines is 2. The Bertz CT molecular complexity index is 760. The van der Waals surface area contributed by atoms with Crippen molar-refractivity contribution in [2.45, 2.75) is 64.8 Å². The molecule has 2 aromatic rings.